The van der Waals surface area contributed by atoms with Crippen molar-refractivity contribution < 1.29 is 14.3 Å². The van der Waals surface area contributed by atoms with Gasteiger partial charge in [-0.2, -0.15) is 0 Å². The Morgan fingerprint density at radius 1 is 1.19 bits per heavy atom. The van der Waals surface area contributed by atoms with Crippen molar-refractivity contribution >= 4 is 5.97 Å². The molecule has 0 aliphatic rings. The van der Waals surface area contributed by atoms with Crippen molar-refractivity contribution in [3.05, 3.63) is 35.4 Å². The quantitative estimate of drug-likeness (QED) is 0.737. The molecule has 1 rings (SSSR count). The number of benzene rings is 1. The normalized spacial score (nSPS) is 9.00. The number of rotatable bonds is 4. The summed E-state index contributed by atoms with van der Waals surface area (Å²) >= 11 is 0. The molecule has 0 atom stereocenters. The van der Waals surface area contributed by atoms with Crippen LogP contribution in [0.1, 0.15) is 25.0 Å². The molecule has 16 heavy (non-hydrogen) atoms. The largest absolute Gasteiger partial charge is 0.469 e. The molecule has 0 aliphatic carbocycles. The van der Waals surface area contributed by atoms with Gasteiger partial charge >= 0.3 is 5.97 Å². The summed E-state index contributed by atoms with van der Waals surface area (Å²) < 4.78 is 9.58. The van der Waals surface area contributed by atoms with Gasteiger partial charge in [0.2, 0.25) is 0 Å². The van der Waals surface area contributed by atoms with Crippen LogP contribution in [0.2, 0.25) is 0 Å². The molecule has 0 spiro atoms. The van der Waals surface area contributed by atoms with Crippen LogP contribution in [0.15, 0.2) is 24.3 Å². The van der Waals surface area contributed by atoms with E-state index in [0.717, 1.165) is 11.1 Å². The summed E-state index contributed by atoms with van der Waals surface area (Å²) in [6, 6.07) is 7.72. The zero-order valence-corrected chi connectivity index (χ0v) is 10.4. The average Bonchev–Trinajstić information content (AvgIpc) is 2.32. The predicted molar refractivity (Wildman–Crippen MR) is 64.2 cm³/mol. The summed E-state index contributed by atoms with van der Waals surface area (Å²) in [4.78, 5) is 11.0. The van der Waals surface area contributed by atoms with Crippen molar-refractivity contribution in [2.24, 2.45) is 0 Å². The van der Waals surface area contributed by atoms with Gasteiger partial charge in [-0.25, -0.2) is 0 Å². The van der Waals surface area contributed by atoms with Crippen LogP contribution >= 0.6 is 0 Å². The molecule has 90 valence electrons. The Morgan fingerprint density at radius 2 is 1.81 bits per heavy atom. The van der Waals surface area contributed by atoms with Crippen LogP contribution in [0.3, 0.4) is 0 Å². The van der Waals surface area contributed by atoms with Gasteiger partial charge in [-0.15, -0.1) is 0 Å². The monoisotopic (exact) mass is 224 g/mol. The molecule has 1 aromatic carbocycles. The Hall–Kier alpha value is -1.35. The standard InChI is InChI=1S/C11H14O3.C2H6/c1-13-8-10-5-3-4-9(6-10)7-11(12)14-2;1-2/h3-6H,7-8H2,1-2H3;1-2H3. The number of hydrogen-bond acceptors (Lipinski definition) is 3. The van der Waals surface area contributed by atoms with Gasteiger partial charge < -0.3 is 9.47 Å². The first-order chi connectivity index (χ1) is 7.76. The van der Waals surface area contributed by atoms with E-state index < -0.39 is 0 Å². The molecule has 0 saturated carbocycles. The maximum atomic E-state index is 11.0. The highest BCUT2D eigenvalue weighted by atomic mass is 16.5. The summed E-state index contributed by atoms with van der Waals surface area (Å²) in [5, 5.41) is 0. The number of ether oxygens (including phenoxy) is 2. The zero-order valence-electron chi connectivity index (χ0n) is 10.4. The van der Waals surface area contributed by atoms with Crippen LogP contribution in [-0.2, 0) is 27.3 Å². The van der Waals surface area contributed by atoms with E-state index in [9.17, 15) is 4.79 Å². The SMILES string of the molecule is CC.COCc1cccc(CC(=O)OC)c1. The summed E-state index contributed by atoms with van der Waals surface area (Å²) in [6.07, 6.45) is 0.314. The average molecular weight is 224 g/mol. The van der Waals surface area contributed by atoms with E-state index in [0.29, 0.717) is 13.0 Å². The molecule has 0 bridgehead atoms. The molecule has 0 N–H and O–H groups in total. The topological polar surface area (TPSA) is 35.5 Å². The minimum absolute atomic E-state index is 0.223. The molecule has 0 aromatic heterocycles. The molecule has 0 amide bonds. The zero-order chi connectivity index (χ0) is 12.4. The Kier molecular flexibility index (Phi) is 8.17. The first kappa shape index (κ1) is 14.6. The van der Waals surface area contributed by atoms with Crippen molar-refractivity contribution in [1.82, 2.24) is 0 Å². The summed E-state index contributed by atoms with van der Waals surface area (Å²) in [5.74, 6) is -0.223. The van der Waals surface area contributed by atoms with Crippen LogP contribution in [0.5, 0.6) is 0 Å². The van der Waals surface area contributed by atoms with Crippen LogP contribution in [0, 0.1) is 0 Å². The van der Waals surface area contributed by atoms with Gasteiger partial charge in [0, 0.05) is 7.11 Å². The molecule has 0 unspecified atom stereocenters. The third-order valence-corrected chi connectivity index (χ3v) is 1.88. The first-order valence-corrected chi connectivity index (χ1v) is 5.40. The fraction of sp³-hybridized carbons (Fsp3) is 0.462. The number of carbonyl (C=O) groups is 1. The number of hydrogen-bond donors (Lipinski definition) is 0. The lowest BCUT2D eigenvalue weighted by molar-refractivity contribution is -0.139. The molecular formula is C13H20O3. The van der Waals surface area contributed by atoms with Gasteiger partial charge in [0.05, 0.1) is 20.1 Å². The highest BCUT2D eigenvalue weighted by molar-refractivity contribution is 5.72. The Balaban J connectivity index is 0.00000106. The smallest absolute Gasteiger partial charge is 0.309 e. The van der Waals surface area contributed by atoms with Crippen LogP contribution in [0.25, 0.3) is 0 Å². The third kappa shape index (κ3) is 5.51. The van der Waals surface area contributed by atoms with Gasteiger partial charge in [0.1, 0.15) is 0 Å². The molecule has 3 nitrogen and oxygen atoms in total. The van der Waals surface area contributed by atoms with E-state index in [1.807, 2.05) is 38.1 Å². The Morgan fingerprint density at radius 3 is 2.38 bits per heavy atom. The van der Waals surface area contributed by atoms with E-state index in [1.165, 1.54) is 7.11 Å². The highest BCUT2D eigenvalue weighted by Crippen LogP contribution is 2.07. The maximum Gasteiger partial charge on any atom is 0.309 e. The van der Waals surface area contributed by atoms with Gasteiger partial charge in [-0.3, -0.25) is 4.79 Å². The lowest BCUT2D eigenvalue weighted by Gasteiger charge is -2.03. The summed E-state index contributed by atoms with van der Waals surface area (Å²) in [5.41, 5.74) is 2.01. The van der Waals surface area contributed by atoms with Crippen molar-refractivity contribution in [1.29, 1.82) is 0 Å². The van der Waals surface area contributed by atoms with Crippen molar-refractivity contribution in [3.8, 4) is 0 Å². The Bertz CT molecular complexity index is 308. The summed E-state index contributed by atoms with van der Waals surface area (Å²) in [6.45, 7) is 4.56. The van der Waals surface area contributed by atoms with Crippen LogP contribution in [-0.4, -0.2) is 20.2 Å². The second-order valence-corrected chi connectivity index (χ2v) is 3.01. The molecule has 0 aliphatic heterocycles. The number of methoxy groups -OCH3 is 2. The van der Waals surface area contributed by atoms with E-state index in [-0.39, 0.29) is 5.97 Å². The maximum absolute atomic E-state index is 11.0. The molecule has 3 heteroatoms. The summed E-state index contributed by atoms with van der Waals surface area (Å²) in [7, 11) is 3.04. The van der Waals surface area contributed by atoms with E-state index in [4.69, 9.17) is 4.74 Å². The minimum atomic E-state index is -0.223. The minimum Gasteiger partial charge on any atom is -0.469 e. The van der Waals surface area contributed by atoms with Crippen molar-refractivity contribution in [2.75, 3.05) is 14.2 Å². The Labute approximate surface area is 97.4 Å². The fourth-order valence-corrected chi connectivity index (χ4v) is 1.23. The highest BCUT2D eigenvalue weighted by Gasteiger charge is 2.02. The van der Waals surface area contributed by atoms with E-state index in [1.54, 1.807) is 7.11 Å². The second kappa shape index (κ2) is 8.92. The van der Waals surface area contributed by atoms with Crippen molar-refractivity contribution in [3.63, 3.8) is 0 Å². The lowest BCUT2D eigenvalue weighted by Crippen LogP contribution is -2.04. The second-order valence-electron chi connectivity index (χ2n) is 3.01. The fourth-order valence-electron chi connectivity index (χ4n) is 1.23. The van der Waals surface area contributed by atoms with Gasteiger partial charge in [0.15, 0.2) is 0 Å². The molecule has 0 fully saturated rings. The van der Waals surface area contributed by atoms with Crippen LogP contribution in [0.4, 0.5) is 0 Å². The lowest BCUT2D eigenvalue weighted by atomic mass is 10.1. The molecular weight excluding hydrogens is 204 g/mol. The molecule has 0 radical (unpaired) electrons. The van der Waals surface area contributed by atoms with Crippen LogP contribution < -0.4 is 0 Å². The van der Waals surface area contributed by atoms with Gasteiger partial charge in [-0.05, 0) is 11.1 Å². The predicted octanol–water partition coefficient (Wildman–Crippen LogP) is 2.57. The van der Waals surface area contributed by atoms with Gasteiger partial charge in [0.25, 0.3) is 0 Å². The molecule has 0 heterocycles. The van der Waals surface area contributed by atoms with Gasteiger partial charge in [-0.1, -0.05) is 38.1 Å². The third-order valence-electron chi connectivity index (χ3n) is 1.88. The molecule has 0 saturated heterocycles. The van der Waals surface area contributed by atoms with E-state index in [2.05, 4.69) is 4.74 Å². The first-order valence-electron chi connectivity index (χ1n) is 5.40. The van der Waals surface area contributed by atoms with Crippen molar-refractivity contribution in [2.45, 2.75) is 26.9 Å². The number of carbonyl (C=O) groups excluding carboxylic acids is 1. The van der Waals surface area contributed by atoms with E-state index >= 15 is 0 Å². The molecule has 1 aromatic rings. The number of esters is 1.